The first-order valence-electron chi connectivity index (χ1n) is 7.63. The number of carbonyl (C=O) groups excluding carboxylic acids is 1. The third-order valence-electron chi connectivity index (χ3n) is 4.51. The Morgan fingerprint density at radius 1 is 1.18 bits per heavy atom. The second kappa shape index (κ2) is 7.87. The average Bonchev–Trinajstić information content (AvgIpc) is 2.99. The lowest BCUT2D eigenvalue weighted by atomic mass is 9.96. The Labute approximate surface area is 147 Å². The average molecular weight is 364 g/mol. The van der Waals surface area contributed by atoms with Gasteiger partial charge in [-0.25, -0.2) is 0 Å². The molecule has 0 spiro atoms. The van der Waals surface area contributed by atoms with E-state index in [2.05, 4.69) is 5.32 Å². The molecule has 2 aliphatic rings. The molecule has 0 bridgehead atoms. The van der Waals surface area contributed by atoms with Gasteiger partial charge in [0.2, 0.25) is 5.91 Å². The molecule has 0 aliphatic carbocycles. The van der Waals surface area contributed by atoms with E-state index >= 15 is 0 Å². The molecule has 22 heavy (non-hydrogen) atoms. The van der Waals surface area contributed by atoms with Gasteiger partial charge in [0.1, 0.15) is 0 Å². The van der Waals surface area contributed by atoms with E-state index in [0.717, 1.165) is 50.9 Å². The molecule has 1 amide bonds. The smallest absolute Gasteiger partial charge is 0.227 e. The second-order valence-corrected chi connectivity index (χ2v) is 6.72. The molecule has 2 saturated heterocycles. The standard InChI is InChI=1S/C16H20Cl2N2O.ClH/c17-13-6-5-11(9-14(13)18)15-4-2-8-20(15)16(21)12-3-1-7-19-10-12;/h5-6,9,12,15,19H,1-4,7-8,10H2;1H/t12-,15?;/m1./s1. The zero-order chi connectivity index (χ0) is 14.8. The molecule has 1 aromatic rings. The van der Waals surface area contributed by atoms with E-state index in [1.165, 1.54) is 0 Å². The first-order chi connectivity index (χ1) is 10.2. The summed E-state index contributed by atoms with van der Waals surface area (Å²) in [6.45, 7) is 2.68. The van der Waals surface area contributed by atoms with Gasteiger partial charge < -0.3 is 10.2 Å². The normalized spacial score (nSPS) is 24.9. The quantitative estimate of drug-likeness (QED) is 0.858. The molecule has 2 aliphatic heterocycles. The van der Waals surface area contributed by atoms with E-state index in [4.69, 9.17) is 23.2 Å². The number of nitrogens with one attached hydrogen (secondary N) is 1. The van der Waals surface area contributed by atoms with Gasteiger partial charge in [-0.3, -0.25) is 4.79 Å². The highest BCUT2D eigenvalue weighted by molar-refractivity contribution is 6.42. The van der Waals surface area contributed by atoms with Crippen LogP contribution in [0.25, 0.3) is 0 Å². The maximum Gasteiger partial charge on any atom is 0.227 e. The van der Waals surface area contributed by atoms with Crippen molar-refractivity contribution in [1.29, 1.82) is 0 Å². The van der Waals surface area contributed by atoms with Gasteiger partial charge in [-0.05, 0) is 49.9 Å². The topological polar surface area (TPSA) is 32.3 Å². The van der Waals surface area contributed by atoms with E-state index < -0.39 is 0 Å². The Morgan fingerprint density at radius 2 is 2.00 bits per heavy atom. The zero-order valence-electron chi connectivity index (χ0n) is 12.4. The van der Waals surface area contributed by atoms with Crippen LogP contribution in [0, 0.1) is 5.92 Å². The van der Waals surface area contributed by atoms with Crippen LogP contribution in [0.1, 0.15) is 37.3 Å². The summed E-state index contributed by atoms with van der Waals surface area (Å²) in [5, 5.41) is 4.45. The number of halogens is 3. The van der Waals surface area contributed by atoms with Crippen LogP contribution in [0.15, 0.2) is 18.2 Å². The van der Waals surface area contributed by atoms with Gasteiger partial charge in [0.05, 0.1) is 22.0 Å². The van der Waals surface area contributed by atoms with Crippen molar-refractivity contribution in [1.82, 2.24) is 10.2 Å². The minimum atomic E-state index is 0. The number of amides is 1. The molecule has 6 heteroatoms. The minimum Gasteiger partial charge on any atom is -0.335 e. The lowest BCUT2D eigenvalue weighted by Crippen LogP contribution is -2.42. The van der Waals surface area contributed by atoms with Crippen LogP contribution in [0.2, 0.25) is 10.0 Å². The predicted molar refractivity (Wildman–Crippen MR) is 93.0 cm³/mol. The summed E-state index contributed by atoms with van der Waals surface area (Å²) in [5.41, 5.74) is 1.10. The number of carbonyl (C=O) groups is 1. The Balaban J connectivity index is 0.00000176. The first-order valence-corrected chi connectivity index (χ1v) is 8.38. The molecule has 3 nitrogen and oxygen atoms in total. The van der Waals surface area contributed by atoms with Crippen LogP contribution >= 0.6 is 35.6 Å². The van der Waals surface area contributed by atoms with E-state index in [-0.39, 0.29) is 30.3 Å². The lowest BCUT2D eigenvalue weighted by Gasteiger charge is -2.31. The third kappa shape index (κ3) is 3.70. The highest BCUT2D eigenvalue weighted by Gasteiger charge is 2.34. The van der Waals surface area contributed by atoms with Gasteiger partial charge >= 0.3 is 0 Å². The molecule has 0 radical (unpaired) electrons. The maximum absolute atomic E-state index is 12.8. The SMILES string of the molecule is Cl.O=C([C@@H]1CCCNC1)N1CCCC1c1ccc(Cl)c(Cl)c1. The molecule has 2 atom stereocenters. The molecular formula is C16H21Cl3N2O. The third-order valence-corrected chi connectivity index (χ3v) is 5.25. The van der Waals surface area contributed by atoms with Crippen molar-refractivity contribution in [3.8, 4) is 0 Å². The summed E-state index contributed by atoms with van der Waals surface area (Å²) in [5.74, 6) is 0.415. The largest absolute Gasteiger partial charge is 0.335 e. The summed E-state index contributed by atoms with van der Waals surface area (Å²) in [7, 11) is 0. The monoisotopic (exact) mass is 362 g/mol. The molecule has 1 aromatic carbocycles. The Kier molecular flexibility index (Phi) is 6.39. The minimum absolute atomic E-state index is 0. The fourth-order valence-corrected chi connectivity index (χ4v) is 3.70. The first kappa shape index (κ1) is 17.9. The van der Waals surface area contributed by atoms with Crippen LogP contribution in [-0.2, 0) is 4.79 Å². The predicted octanol–water partition coefficient (Wildman–Crippen LogP) is 4.08. The van der Waals surface area contributed by atoms with Crippen molar-refractivity contribution in [3.05, 3.63) is 33.8 Å². The van der Waals surface area contributed by atoms with Gasteiger partial charge in [0.25, 0.3) is 0 Å². The van der Waals surface area contributed by atoms with Gasteiger partial charge in [-0.2, -0.15) is 0 Å². The van der Waals surface area contributed by atoms with Crippen LogP contribution in [0.3, 0.4) is 0 Å². The molecule has 1 N–H and O–H groups in total. The number of piperidine rings is 1. The van der Waals surface area contributed by atoms with Crippen molar-refractivity contribution < 1.29 is 4.79 Å². The van der Waals surface area contributed by atoms with Gasteiger partial charge in [0, 0.05) is 13.1 Å². The summed E-state index contributed by atoms with van der Waals surface area (Å²) in [6, 6.07) is 5.86. The van der Waals surface area contributed by atoms with E-state index in [0.29, 0.717) is 10.0 Å². The molecule has 2 fully saturated rings. The van der Waals surface area contributed by atoms with Crippen molar-refractivity contribution in [2.24, 2.45) is 5.92 Å². The number of rotatable bonds is 2. The Bertz CT molecular complexity index is 532. The van der Waals surface area contributed by atoms with Crippen molar-refractivity contribution >= 4 is 41.5 Å². The molecule has 3 rings (SSSR count). The van der Waals surface area contributed by atoms with Crippen molar-refractivity contribution in [2.75, 3.05) is 19.6 Å². The molecule has 0 aromatic heterocycles. The molecule has 2 heterocycles. The molecule has 0 saturated carbocycles. The van der Waals surface area contributed by atoms with Crippen LogP contribution < -0.4 is 5.32 Å². The Morgan fingerprint density at radius 3 is 2.68 bits per heavy atom. The summed E-state index contributed by atoms with van der Waals surface area (Å²) in [6.07, 6.45) is 4.14. The van der Waals surface area contributed by atoms with Gasteiger partial charge in [0.15, 0.2) is 0 Å². The number of likely N-dealkylation sites (tertiary alicyclic amines) is 1. The van der Waals surface area contributed by atoms with Crippen LogP contribution in [0.4, 0.5) is 0 Å². The highest BCUT2D eigenvalue weighted by Crippen LogP contribution is 2.36. The number of nitrogens with zero attached hydrogens (tertiary/aromatic N) is 1. The van der Waals surface area contributed by atoms with E-state index in [1.807, 2.05) is 23.1 Å². The lowest BCUT2D eigenvalue weighted by molar-refractivity contribution is -0.137. The zero-order valence-corrected chi connectivity index (χ0v) is 14.7. The fraction of sp³-hybridized carbons (Fsp3) is 0.562. The highest BCUT2D eigenvalue weighted by atomic mass is 35.5. The number of benzene rings is 1. The van der Waals surface area contributed by atoms with Crippen molar-refractivity contribution in [3.63, 3.8) is 0 Å². The number of hydrogen-bond donors (Lipinski definition) is 1. The second-order valence-electron chi connectivity index (χ2n) is 5.91. The van der Waals surface area contributed by atoms with Crippen molar-refractivity contribution in [2.45, 2.75) is 31.7 Å². The van der Waals surface area contributed by atoms with E-state index in [1.54, 1.807) is 0 Å². The van der Waals surface area contributed by atoms with Crippen LogP contribution in [0.5, 0.6) is 0 Å². The molecule has 1 unspecified atom stereocenters. The molecular weight excluding hydrogens is 343 g/mol. The summed E-state index contributed by atoms with van der Waals surface area (Å²) >= 11 is 12.1. The number of hydrogen-bond acceptors (Lipinski definition) is 2. The summed E-state index contributed by atoms with van der Waals surface area (Å²) < 4.78 is 0. The molecule has 122 valence electrons. The van der Waals surface area contributed by atoms with Gasteiger partial charge in [-0.15, -0.1) is 12.4 Å². The Hall–Kier alpha value is -0.480. The van der Waals surface area contributed by atoms with Gasteiger partial charge in [-0.1, -0.05) is 29.3 Å². The summed E-state index contributed by atoms with van der Waals surface area (Å²) in [4.78, 5) is 14.8. The van der Waals surface area contributed by atoms with Crippen LogP contribution in [-0.4, -0.2) is 30.4 Å². The van der Waals surface area contributed by atoms with E-state index in [9.17, 15) is 4.79 Å². The fourth-order valence-electron chi connectivity index (χ4n) is 3.39. The maximum atomic E-state index is 12.8.